The lowest BCUT2D eigenvalue weighted by molar-refractivity contribution is 0.237. The van der Waals surface area contributed by atoms with Gasteiger partial charge in [-0.2, -0.15) is 5.10 Å². The van der Waals surface area contributed by atoms with Gasteiger partial charge in [0.25, 0.3) is 0 Å². The fraction of sp³-hybridized carbons (Fsp3) is 0.400. The first-order chi connectivity index (χ1) is 8.75. The van der Waals surface area contributed by atoms with Crippen LogP contribution < -0.4 is 5.73 Å². The van der Waals surface area contributed by atoms with E-state index in [1.54, 1.807) is 0 Å². The summed E-state index contributed by atoms with van der Waals surface area (Å²) in [5, 5.41) is 4.64. The summed E-state index contributed by atoms with van der Waals surface area (Å²) in [7, 11) is 2.03. The van der Waals surface area contributed by atoms with Crippen molar-refractivity contribution in [3.8, 4) is 11.3 Å². The normalized spacial score (nSPS) is 17.4. The number of hydrogen-bond donors (Lipinski definition) is 1. The predicted molar refractivity (Wildman–Crippen MR) is 73.2 cm³/mol. The Bertz CT molecular complexity index is 533. The highest BCUT2D eigenvalue weighted by molar-refractivity contribution is 5.59. The Balaban J connectivity index is 2.01. The second-order valence-corrected chi connectivity index (χ2v) is 5.24. The van der Waals surface area contributed by atoms with Crippen molar-refractivity contribution in [2.24, 2.45) is 12.8 Å². The molecule has 3 heteroatoms. The molecule has 0 saturated heterocycles. The van der Waals surface area contributed by atoms with E-state index in [9.17, 15) is 0 Å². The molecule has 1 heterocycles. The van der Waals surface area contributed by atoms with Gasteiger partial charge in [-0.15, -0.1) is 0 Å². The Kier molecular flexibility index (Phi) is 2.71. The Morgan fingerprint density at radius 2 is 2.00 bits per heavy atom. The van der Waals surface area contributed by atoms with Crippen LogP contribution in [0.3, 0.4) is 0 Å². The van der Waals surface area contributed by atoms with Crippen LogP contribution in [0.5, 0.6) is 0 Å². The molecule has 0 spiro atoms. The number of rotatable bonds is 3. The Labute approximate surface area is 108 Å². The monoisotopic (exact) mass is 241 g/mol. The van der Waals surface area contributed by atoms with Crippen molar-refractivity contribution in [3.63, 3.8) is 0 Å². The Morgan fingerprint density at radius 3 is 2.56 bits per heavy atom. The minimum Gasteiger partial charge on any atom is -0.330 e. The molecule has 2 aromatic rings. The smallest absolute Gasteiger partial charge is 0.0926 e. The number of hydrogen-bond acceptors (Lipinski definition) is 2. The molecular weight excluding hydrogens is 222 g/mol. The third kappa shape index (κ3) is 1.66. The highest BCUT2D eigenvalue weighted by atomic mass is 15.3. The molecule has 3 nitrogen and oxygen atoms in total. The maximum absolute atomic E-state index is 5.98. The van der Waals surface area contributed by atoms with E-state index in [-0.39, 0.29) is 5.41 Å². The van der Waals surface area contributed by atoms with E-state index in [4.69, 9.17) is 5.73 Å². The SMILES string of the molecule is Cn1nc(-c2ccccc2)cc1C1(CN)CCC1. The lowest BCUT2D eigenvalue weighted by Gasteiger charge is -2.40. The van der Waals surface area contributed by atoms with Gasteiger partial charge in [0.1, 0.15) is 0 Å². The molecule has 1 aliphatic rings. The molecule has 2 N–H and O–H groups in total. The lowest BCUT2D eigenvalue weighted by atomic mass is 9.66. The van der Waals surface area contributed by atoms with E-state index >= 15 is 0 Å². The van der Waals surface area contributed by atoms with Crippen molar-refractivity contribution in [3.05, 3.63) is 42.1 Å². The first-order valence-corrected chi connectivity index (χ1v) is 6.55. The van der Waals surface area contributed by atoms with Gasteiger partial charge in [-0.05, 0) is 18.9 Å². The summed E-state index contributed by atoms with van der Waals surface area (Å²) in [6, 6.07) is 12.5. The zero-order valence-electron chi connectivity index (χ0n) is 10.8. The van der Waals surface area contributed by atoms with E-state index in [1.165, 1.54) is 30.5 Å². The van der Waals surface area contributed by atoms with E-state index in [2.05, 4.69) is 23.3 Å². The van der Waals surface area contributed by atoms with E-state index in [1.807, 2.05) is 29.9 Å². The van der Waals surface area contributed by atoms with Gasteiger partial charge in [0, 0.05) is 30.3 Å². The molecule has 0 unspecified atom stereocenters. The molecule has 1 saturated carbocycles. The molecule has 18 heavy (non-hydrogen) atoms. The van der Waals surface area contributed by atoms with Crippen LogP contribution in [0.25, 0.3) is 11.3 Å². The van der Waals surface area contributed by atoms with Gasteiger partial charge in [0.05, 0.1) is 5.69 Å². The summed E-state index contributed by atoms with van der Waals surface area (Å²) in [5.41, 5.74) is 9.66. The third-order valence-electron chi connectivity index (χ3n) is 4.19. The number of nitrogens with two attached hydrogens (primary N) is 1. The van der Waals surface area contributed by atoms with Crippen LogP contribution in [0.2, 0.25) is 0 Å². The van der Waals surface area contributed by atoms with Crippen LogP contribution in [0.15, 0.2) is 36.4 Å². The van der Waals surface area contributed by atoms with E-state index in [0.717, 1.165) is 12.2 Å². The Hall–Kier alpha value is -1.61. The standard InChI is InChI=1S/C15H19N3/c1-18-14(15(11-16)8-5-9-15)10-13(17-18)12-6-3-2-4-7-12/h2-4,6-7,10H,5,8-9,11,16H2,1H3. The summed E-state index contributed by atoms with van der Waals surface area (Å²) in [4.78, 5) is 0. The molecular formula is C15H19N3. The fourth-order valence-electron chi connectivity index (χ4n) is 2.88. The van der Waals surface area contributed by atoms with Crippen LogP contribution in [0.1, 0.15) is 25.0 Å². The van der Waals surface area contributed by atoms with Crippen molar-refractivity contribution in [2.45, 2.75) is 24.7 Å². The third-order valence-corrected chi connectivity index (χ3v) is 4.19. The van der Waals surface area contributed by atoms with Crippen molar-refractivity contribution < 1.29 is 0 Å². The summed E-state index contributed by atoms with van der Waals surface area (Å²) in [6.45, 7) is 0.723. The summed E-state index contributed by atoms with van der Waals surface area (Å²) < 4.78 is 2.01. The van der Waals surface area contributed by atoms with Crippen molar-refractivity contribution in [1.82, 2.24) is 9.78 Å². The fourth-order valence-corrected chi connectivity index (χ4v) is 2.88. The van der Waals surface area contributed by atoms with Gasteiger partial charge in [-0.25, -0.2) is 0 Å². The molecule has 1 aromatic heterocycles. The summed E-state index contributed by atoms with van der Waals surface area (Å²) in [5.74, 6) is 0. The highest BCUT2D eigenvalue weighted by Gasteiger charge is 2.39. The average Bonchev–Trinajstić information content (AvgIpc) is 2.73. The van der Waals surface area contributed by atoms with Crippen molar-refractivity contribution >= 4 is 0 Å². The number of nitrogens with zero attached hydrogens (tertiary/aromatic N) is 2. The zero-order valence-corrected chi connectivity index (χ0v) is 10.8. The molecule has 1 fully saturated rings. The van der Waals surface area contributed by atoms with Crippen LogP contribution >= 0.6 is 0 Å². The molecule has 1 aromatic carbocycles. The molecule has 0 aliphatic heterocycles. The second kappa shape index (κ2) is 4.25. The molecule has 0 amide bonds. The minimum atomic E-state index is 0.175. The van der Waals surface area contributed by atoms with Gasteiger partial charge in [0.2, 0.25) is 0 Å². The molecule has 94 valence electrons. The molecule has 1 aliphatic carbocycles. The summed E-state index contributed by atoms with van der Waals surface area (Å²) >= 11 is 0. The van der Waals surface area contributed by atoms with Gasteiger partial charge in [-0.1, -0.05) is 36.8 Å². The lowest BCUT2D eigenvalue weighted by Crippen LogP contribution is -2.43. The van der Waals surface area contributed by atoms with E-state index < -0.39 is 0 Å². The first-order valence-electron chi connectivity index (χ1n) is 6.55. The molecule has 3 rings (SSSR count). The molecule has 0 radical (unpaired) electrons. The van der Waals surface area contributed by atoms with Gasteiger partial charge < -0.3 is 5.73 Å². The Morgan fingerprint density at radius 1 is 1.28 bits per heavy atom. The topological polar surface area (TPSA) is 43.8 Å². The average molecular weight is 241 g/mol. The van der Waals surface area contributed by atoms with Crippen LogP contribution in [-0.4, -0.2) is 16.3 Å². The second-order valence-electron chi connectivity index (χ2n) is 5.24. The number of aromatic nitrogens is 2. The van der Waals surface area contributed by atoms with Crippen molar-refractivity contribution in [2.75, 3.05) is 6.54 Å². The largest absolute Gasteiger partial charge is 0.330 e. The van der Waals surface area contributed by atoms with Crippen LogP contribution in [-0.2, 0) is 12.5 Å². The maximum Gasteiger partial charge on any atom is 0.0926 e. The van der Waals surface area contributed by atoms with Gasteiger partial charge in [-0.3, -0.25) is 4.68 Å². The zero-order chi connectivity index (χ0) is 12.6. The molecule has 0 atom stereocenters. The van der Waals surface area contributed by atoms with Crippen molar-refractivity contribution in [1.29, 1.82) is 0 Å². The summed E-state index contributed by atoms with van der Waals surface area (Å²) in [6.07, 6.45) is 3.66. The predicted octanol–water partition coefficient (Wildman–Crippen LogP) is 2.47. The first kappa shape index (κ1) is 11.5. The van der Waals surface area contributed by atoms with Gasteiger partial charge >= 0.3 is 0 Å². The van der Waals surface area contributed by atoms with E-state index in [0.29, 0.717) is 0 Å². The number of aryl methyl sites for hydroxylation is 1. The molecule has 0 bridgehead atoms. The minimum absolute atomic E-state index is 0.175. The quantitative estimate of drug-likeness (QED) is 0.897. The van der Waals surface area contributed by atoms with Crippen LogP contribution in [0, 0.1) is 0 Å². The maximum atomic E-state index is 5.98. The van der Waals surface area contributed by atoms with Crippen LogP contribution in [0.4, 0.5) is 0 Å². The number of benzene rings is 1. The highest BCUT2D eigenvalue weighted by Crippen LogP contribution is 2.43. The van der Waals surface area contributed by atoms with Gasteiger partial charge in [0.15, 0.2) is 0 Å².